The number of anilines is 1. The van der Waals surface area contributed by atoms with Crippen molar-refractivity contribution in [3.63, 3.8) is 0 Å². The number of hydrogen-bond donors (Lipinski definition) is 1. The molecule has 1 atom stereocenters. The molecule has 118 valence electrons. The lowest BCUT2D eigenvalue weighted by Crippen LogP contribution is -2.33. The molecule has 1 unspecified atom stereocenters. The van der Waals surface area contributed by atoms with Gasteiger partial charge < -0.3 is 15.0 Å². The summed E-state index contributed by atoms with van der Waals surface area (Å²) in [4.78, 5) is 7.06. The molecule has 0 saturated carbocycles. The Balaban J connectivity index is 2.04. The predicted molar refractivity (Wildman–Crippen MR) is 87.8 cm³/mol. The van der Waals surface area contributed by atoms with Crippen molar-refractivity contribution in [3.05, 3.63) is 23.4 Å². The van der Waals surface area contributed by atoms with Gasteiger partial charge >= 0.3 is 0 Å². The van der Waals surface area contributed by atoms with Gasteiger partial charge in [0, 0.05) is 31.9 Å². The average molecular weight is 291 g/mol. The summed E-state index contributed by atoms with van der Waals surface area (Å²) in [6.07, 6.45) is 3.90. The second kappa shape index (κ2) is 8.35. The van der Waals surface area contributed by atoms with Gasteiger partial charge in [0.2, 0.25) is 0 Å². The van der Waals surface area contributed by atoms with Gasteiger partial charge in [-0.3, -0.25) is 0 Å². The van der Waals surface area contributed by atoms with Crippen LogP contribution >= 0.6 is 0 Å². The van der Waals surface area contributed by atoms with Gasteiger partial charge in [0.15, 0.2) is 0 Å². The fourth-order valence-electron chi connectivity index (χ4n) is 2.81. The van der Waals surface area contributed by atoms with Crippen LogP contribution in [0.15, 0.2) is 12.1 Å². The molecule has 1 aromatic rings. The van der Waals surface area contributed by atoms with Gasteiger partial charge in [-0.25, -0.2) is 4.98 Å². The Hall–Kier alpha value is -1.13. The Morgan fingerprint density at radius 3 is 2.90 bits per heavy atom. The molecule has 2 rings (SSSR count). The van der Waals surface area contributed by atoms with Gasteiger partial charge in [-0.15, -0.1) is 0 Å². The highest BCUT2D eigenvalue weighted by atomic mass is 16.5. The third kappa shape index (κ3) is 4.97. The highest BCUT2D eigenvalue weighted by Crippen LogP contribution is 2.19. The molecule has 0 aromatic carbocycles. The molecule has 1 N–H and O–H groups in total. The lowest BCUT2D eigenvalue weighted by molar-refractivity contribution is 0.115. The highest BCUT2D eigenvalue weighted by Gasteiger charge is 2.19. The van der Waals surface area contributed by atoms with E-state index < -0.39 is 0 Å². The summed E-state index contributed by atoms with van der Waals surface area (Å²) in [6.45, 7) is 11.3. The second-order valence-corrected chi connectivity index (χ2v) is 5.83. The van der Waals surface area contributed by atoms with E-state index in [9.17, 15) is 0 Å². The lowest BCUT2D eigenvalue weighted by atomic mass is 10.2. The SMILES string of the molecule is CCCNCc1cc(C)nc(N(CC)CC2CCCO2)c1. The number of ether oxygens (including phenoxy) is 1. The monoisotopic (exact) mass is 291 g/mol. The summed E-state index contributed by atoms with van der Waals surface area (Å²) >= 11 is 0. The maximum atomic E-state index is 5.76. The molecular formula is C17H29N3O. The van der Waals surface area contributed by atoms with Crippen molar-refractivity contribution >= 4 is 5.82 Å². The van der Waals surface area contributed by atoms with Crippen molar-refractivity contribution in [2.75, 3.05) is 31.1 Å². The zero-order chi connectivity index (χ0) is 15.1. The first-order chi connectivity index (χ1) is 10.2. The minimum atomic E-state index is 0.369. The first kappa shape index (κ1) is 16.2. The third-order valence-corrected chi connectivity index (χ3v) is 3.91. The standard InChI is InChI=1S/C17H29N3O/c1-4-8-18-12-15-10-14(3)19-17(11-15)20(5-2)13-16-7-6-9-21-16/h10-11,16,18H,4-9,12-13H2,1-3H3. The van der Waals surface area contributed by atoms with Crippen LogP contribution in [0.2, 0.25) is 0 Å². The third-order valence-electron chi connectivity index (χ3n) is 3.91. The first-order valence-electron chi connectivity index (χ1n) is 8.27. The smallest absolute Gasteiger partial charge is 0.129 e. The topological polar surface area (TPSA) is 37.4 Å². The van der Waals surface area contributed by atoms with E-state index in [1.807, 2.05) is 0 Å². The fraction of sp³-hybridized carbons (Fsp3) is 0.706. The van der Waals surface area contributed by atoms with Crippen LogP contribution < -0.4 is 10.2 Å². The van der Waals surface area contributed by atoms with Crippen molar-refractivity contribution in [3.8, 4) is 0 Å². The summed E-state index contributed by atoms with van der Waals surface area (Å²) in [5, 5.41) is 3.46. The lowest BCUT2D eigenvalue weighted by Gasteiger charge is -2.25. The zero-order valence-electron chi connectivity index (χ0n) is 13.7. The Labute approximate surface area is 128 Å². The molecule has 0 radical (unpaired) electrons. The molecule has 1 aliphatic rings. The van der Waals surface area contributed by atoms with Crippen LogP contribution in [0.1, 0.15) is 44.4 Å². The summed E-state index contributed by atoms with van der Waals surface area (Å²) in [5.41, 5.74) is 2.41. The molecule has 1 fully saturated rings. The number of aromatic nitrogens is 1. The largest absolute Gasteiger partial charge is 0.376 e. The summed E-state index contributed by atoms with van der Waals surface area (Å²) in [6, 6.07) is 4.39. The molecule has 0 spiro atoms. The van der Waals surface area contributed by atoms with Crippen LogP contribution in [-0.4, -0.2) is 37.3 Å². The van der Waals surface area contributed by atoms with Crippen molar-refractivity contribution in [1.82, 2.24) is 10.3 Å². The number of rotatable bonds is 8. The van der Waals surface area contributed by atoms with E-state index in [0.717, 1.165) is 50.7 Å². The minimum Gasteiger partial charge on any atom is -0.376 e. The van der Waals surface area contributed by atoms with Crippen LogP contribution in [0.3, 0.4) is 0 Å². The van der Waals surface area contributed by atoms with Gasteiger partial charge in [-0.1, -0.05) is 6.92 Å². The van der Waals surface area contributed by atoms with E-state index in [1.165, 1.54) is 18.4 Å². The van der Waals surface area contributed by atoms with Gasteiger partial charge in [0.1, 0.15) is 5.82 Å². The molecule has 1 aromatic heterocycles. The zero-order valence-corrected chi connectivity index (χ0v) is 13.7. The summed E-state index contributed by atoms with van der Waals surface area (Å²) in [7, 11) is 0. The summed E-state index contributed by atoms with van der Waals surface area (Å²) < 4.78 is 5.76. The van der Waals surface area contributed by atoms with E-state index in [0.29, 0.717) is 6.10 Å². The molecule has 2 heterocycles. The fourth-order valence-corrected chi connectivity index (χ4v) is 2.81. The number of nitrogens with one attached hydrogen (secondary N) is 1. The number of aryl methyl sites for hydroxylation is 1. The van der Waals surface area contributed by atoms with Crippen molar-refractivity contribution in [2.45, 2.75) is 52.7 Å². The Morgan fingerprint density at radius 2 is 2.24 bits per heavy atom. The molecule has 1 saturated heterocycles. The predicted octanol–water partition coefficient (Wildman–Crippen LogP) is 2.89. The van der Waals surface area contributed by atoms with Crippen LogP contribution in [0.5, 0.6) is 0 Å². The Kier molecular flexibility index (Phi) is 6.46. The number of pyridine rings is 1. The van der Waals surface area contributed by atoms with Gasteiger partial charge in [0.25, 0.3) is 0 Å². The molecule has 21 heavy (non-hydrogen) atoms. The summed E-state index contributed by atoms with van der Waals surface area (Å²) in [5.74, 6) is 1.08. The van der Waals surface area contributed by atoms with E-state index in [-0.39, 0.29) is 0 Å². The van der Waals surface area contributed by atoms with Crippen LogP contribution in [-0.2, 0) is 11.3 Å². The molecule has 0 aliphatic carbocycles. The maximum absolute atomic E-state index is 5.76. The van der Waals surface area contributed by atoms with Crippen molar-refractivity contribution in [2.24, 2.45) is 0 Å². The van der Waals surface area contributed by atoms with Crippen LogP contribution in [0.4, 0.5) is 5.82 Å². The normalized spacial score (nSPS) is 18.1. The molecule has 0 bridgehead atoms. The van der Waals surface area contributed by atoms with E-state index in [2.05, 4.69) is 43.1 Å². The number of hydrogen-bond acceptors (Lipinski definition) is 4. The van der Waals surface area contributed by atoms with Gasteiger partial charge in [0.05, 0.1) is 6.10 Å². The Bertz CT molecular complexity index is 430. The molecule has 4 nitrogen and oxygen atoms in total. The Morgan fingerprint density at radius 1 is 1.38 bits per heavy atom. The van der Waals surface area contributed by atoms with Gasteiger partial charge in [-0.2, -0.15) is 0 Å². The molecule has 1 aliphatic heterocycles. The quantitative estimate of drug-likeness (QED) is 0.747. The molecular weight excluding hydrogens is 262 g/mol. The van der Waals surface area contributed by atoms with Crippen LogP contribution in [0, 0.1) is 6.92 Å². The van der Waals surface area contributed by atoms with Crippen molar-refractivity contribution < 1.29 is 4.74 Å². The highest BCUT2D eigenvalue weighted by molar-refractivity contribution is 5.42. The van der Waals surface area contributed by atoms with Gasteiger partial charge in [-0.05, 0) is 57.4 Å². The van der Waals surface area contributed by atoms with Crippen LogP contribution in [0.25, 0.3) is 0 Å². The maximum Gasteiger partial charge on any atom is 0.129 e. The van der Waals surface area contributed by atoms with Crippen molar-refractivity contribution in [1.29, 1.82) is 0 Å². The second-order valence-electron chi connectivity index (χ2n) is 5.83. The van der Waals surface area contributed by atoms with E-state index >= 15 is 0 Å². The number of likely N-dealkylation sites (N-methyl/N-ethyl adjacent to an activating group) is 1. The number of nitrogens with zero attached hydrogens (tertiary/aromatic N) is 2. The molecule has 0 amide bonds. The van der Waals surface area contributed by atoms with E-state index in [4.69, 9.17) is 9.72 Å². The molecule has 4 heteroatoms. The average Bonchev–Trinajstić information content (AvgIpc) is 2.97. The first-order valence-corrected chi connectivity index (χ1v) is 8.27. The van der Waals surface area contributed by atoms with E-state index in [1.54, 1.807) is 0 Å². The minimum absolute atomic E-state index is 0.369.